The topological polar surface area (TPSA) is 38.1 Å². The van der Waals surface area contributed by atoms with E-state index in [1.807, 2.05) is 18.2 Å². The largest absolute Gasteiger partial charge is 0.441 e. The molecule has 4 heteroatoms. The summed E-state index contributed by atoms with van der Waals surface area (Å²) in [6.07, 6.45) is 0.802. The molecule has 3 aromatic rings. The number of hydrogen-bond donors (Lipinski definition) is 1. The molecule has 1 aromatic heterocycles. The first-order valence-corrected chi connectivity index (χ1v) is 7.05. The number of anilines is 1. The Morgan fingerprint density at radius 2 is 2.15 bits per heavy atom. The monoisotopic (exact) mass is 284 g/mol. The second kappa shape index (κ2) is 4.53. The van der Waals surface area contributed by atoms with E-state index in [0.29, 0.717) is 10.9 Å². The van der Waals surface area contributed by atoms with E-state index in [1.54, 1.807) is 0 Å². The van der Waals surface area contributed by atoms with Crippen LogP contribution in [0.1, 0.15) is 17.4 Å². The van der Waals surface area contributed by atoms with Gasteiger partial charge in [0.2, 0.25) is 0 Å². The third kappa shape index (κ3) is 1.95. The van der Waals surface area contributed by atoms with Gasteiger partial charge in [0.25, 0.3) is 0 Å². The molecule has 2 aromatic carbocycles. The van der Waals surface area contributed by atoms with Crippen molar-refractivity contribution in [3.8, 4) is 0 Å². The SMILES string of the molecule is Clc1ccc2oc(CC3CNc4ccccc43)nc2c1. The van der Waals surface area contributed by atoms with E-state index in [1.165, 1.54) is 11.3 Å². The fourth-order valence-corrected chi connectivity index (χ4v) is 2.95. The summed E-state index contributed by atoms with van der Waals surface area (Å²) in [6.45, 7) is 0.929. The lowest BCUT2D eigenvalue weighted by Crippen LogP contribution is -2.05. The van der Waals surface area contributed by atoms with Crippen molar-refractivity contribution in [1.82, 2.24) is 4.98 Å². The quantitative estimate of drug-likeness (QED) is 0.765. The van der Waals surface area contributed by atoms with Crippen LogP contribution in [0.15, 0.2) is 46.9 Å². The summed E-state index contributed by atoms with van der Waals surface area (Å²) in [5.41, 5.74) is 4.18. The van der Waals surface area contributed by atoms with Crippen molar-refractivity contribution in [3.63, 3.8) is 0 Å². The molecule has 0 saturated carbocycles. The van der Waals surface area contributed by atoms with Crippen molar-refractivity contribution in [2.75, 3.05) is 11.9 Å². The molecule has 20 heavy (non-hydrogen) atoms. The molecule has 0 spiro atoms. The van der Waals surface area contributed by atoms with Crippen LogP contribution in [0.3, 0.4) is 0 Å². The number of hydrogen-bond acceptors (Lipinski definition) is 3. The number of para-hydroxylation sites is 1. The molecule has 1 N–H and O–H groups in total. The highest BCUT2D eigenvalue weighted by Crippen LogP contribution is 2.33. The van der Waals surface area contributed by atoms with Gasteiger partial charge in [0.15, 0.2) is 11.5 Å². The van der Waals surface area contributed by atoms with Crippen molar-refractivity contribution in [1.29, 1.82) is 0 Å². The summed E-state index contributed by atoms with van der Waals surface area (Å²) in [6, 6.07) is 13.9. The van der Waals surface area contributed by atoms with Crippen LogP contribution in [0, 0.1) is 0 Å². The maximum Gasteiger partial charge on any atom is 0.196 e. The van der Waals surface area contributed by atoms with Crippen molar-refractivity contribution in [2.24, 2.45) is 0 Å². The molecular weight excluding hydrogens is 272 g/mol. The zero-order chi connectivity index (χ0) is 13.5. The number of fused-ring (bicyclic) bond motifs is 2. The van der Waals surface area contributed by atoms with Crippen LogP contribution in [-0.4, -0.2) is 11.5 Å². The number of rotatable bonds is 2. The van der Waals surface area contributed by atoms with E-state index in [-0.39, 0.29) is 0 Å². The smallest absolute Gasteiger partial charge is 0.196 e. The molecule has 0 aliphatic carbocycles. The van der Waals surface area contributed by atoms with Gasteiger partial charge >= 0.3 is 0 Å². The lowest BCUT2D eigenvalue weighted by Gasteiger charge is -2.06. The molecule has 0 amide bonds. The van der Waals surface area contributed by atoms with Gasteiger partial charge in [0.05, 0.1) is 0 Å². The zero-order valence-corrected chi connectivity index (χ0v) is 11.5. The first-order chi connectivity index (χ1) is 9.79. The van der Waals surface area contributed by atoms with Gasteiger partial charge in [-0.15, -0.1) is 0 Å². The van der Waals surface area contributed by atoms with Crippen LogP contribution in [-0.2, 0) is 6.42 Å². The highest BCUT2D eigenvalue weighted by molar-refractivity contribution is 6.31. The molecule has 0 radical (unpaired) electrons. The molecule has 2 heterocycles. The maximum absolute atomic E-state index is 5.97. The van der Waals surface area contributed by atoms with E-state index < -0.39 is 0 Å². The Morgan fingerprint density at radius 1 is 1.25 bits per heavy atom. The van der Waals surface area contributed by atoms with Gasteiger partial charge in [-0.25, -0.2) is 4.98 Å². The van der Waals surface area contributed by atoms with Crippen LogP contribution in [0.4, 0.5) is 5.69 Å². The fourth-order valence-electron chi connectivity index (χ4n) is 2.79. The summed E-state index contributed by atoms with van der Waals surface area (Å²) >= 11 is 5.97. The summed E-state index contributed by atoms with van der Waals surface area (Å²) < 4.78 is 5.80. The lowest BCUT2D eigenvalue weighted by atomic mass is 9.98. The molecular formula is C16H13ClN2O. The Balaban J connectivity index is 1.65. The van der Waals surface area contributed by atoms with Gasteiger partial charge in [-0.05, 0) is 29.8 Å². The first kappa shape index (κ1) is 11.8. The van der Waals surface area contributed by atoms with E-state index in [9.17, 15) is 0 Å². The van der Waals surface area contributed by atoms with E-state index in [2.05, 4.69) is 34.6 Å². The normalized spacial score (nSPS) is 17.1. The number of nitrogens with one attached hydrogen (secondary N) is 1. The van der Waals surface area contributed by atoms with Crippen LogP contribution in [0.5, 0.6) is 0 Å². The first-order valence-electron chi connectivity index (χ1n) is 6.67. The van der Waals surface area contributed by atoms with Crippen molar-refractivity contribution < 1.29 is 4.42 Å². The van der Waals surface area contributed by atoms with E-state index in [4.69, 9.17) is 16.0 Å². The van der Waals surface area contributed by atoms with Crippen LogP contribution in [0.2, 0.25) is 5.02 Å². The Hall–Kier alpha value is -2.00. The minimum absolute atomic E-state index is 0.412. The van der Waals surface area contributed by atoms with Crippen molar-refractivity contribution in [2.45, 2.75) is 12.3 Å². The minimum Gasteiger partial charge on any atom is -0.441 e. The third-order valence-corrected chi connectivity index (χ3v) is 3.99. The molecule has 0 fully saturated rings. The van der Waals surface area contributed by atoms with Crippen LogP contribution >= 0.6 is 11.6 Å². The summed E-state index contributed by atoms with van der Waals surface area (Å²) in [7, 11) is 0. The molecule has 3 nitrogen and oxygen atoms in total. The Morgan fingerprint density at radius 3 is 3.10 bits per heavy atom. The molecule has 0 saturated heterocycles. The molecule has 1 aliphatic rings. The minimum atomic E-state index is 0.412. The predicted molar refractivity (Wildman–Crippen MR) is 80.4 cm³/mol. The number of halogens is 1. The van der Waals surface area contributed by atoms with Gasteiger partial charge in [0, 0.05) is 29.6 Å². The highest BCUT2D eigenvalue weighted by Gasteiger charge is 2.23. The molecule has 100 valence electrons. The molecule has 1 aliphatic heterocycles. The van der Waals surface area contributed by atoms with Gasteiger partial charge in [-0.1, -0.05) is 29.8 Å². The third-order valence-electron chi connectivity index (χ3n) is 3.75. The lowest BCUT2D eigenvalue weighted by molar-refractivity contribution is 0.507. The molecule has 1 atom stereocenters. The maximum atomic E-state index is 5.97. The molecule has 4 rings (SSSR count). The van der Waals surface area contributed by atoms with Crippen LogP contribution < -0.4 is 5.32 Å². The summed E-state index contributed by atoms with van der Waals surface area (Å²) in [5, 5.41) is 4.11. The van der Waals surface area contributed by atoms with Gasteiger partial charge in [-0.3, -0.25) is 0 Å². The van der Waals surface area contributed by atoms with Gasteiger partial charge in [-0.2, -0.15) is 0 Å². The number of nitrogens with zero attached hydrogens (tertiary/aromatic N) is 1. The summed E-state index contributed by atoms with van der Waals surface area (Å²) in [5.74, 6) is 1.18. The standard InChI is InChI=1S/C16H13ClN2O/c17-11-5-6-15-14(8-11)19-16(20-15)7-10-9-18-13-4-2-1-3-12(10)13/h1-6,8,10,18H,7,9H2. The second-order valence-electron chi connectivity index (χ2n) is 5.09. The van der Waals surface area contributed by atoms with Crippen molar-refractivity contribution >= 4 is 28.4 Å². The van der Waals surface area contributed by atoms with Crippen LogP contribution in [0.25, 0.3) is 11.1 Å². The zero-order valence-electron chi connectivity index (χ0n) is 10.8. The fraction of sp³-hybridized carbons (Fsp3) is 0.188. The van der Waals surface area contributed by atoms with E-state index >= 15 is 0 Å². The Labute approximate surface area is 121 Å². The van der Waals surface area contributed by atoms with E-state index in [0.717, 1.165) is 30.0 Å². The average molecular weight is 285 g/mol. The Kier molecular flexibility index (Phi) is 2.67. The van der Waals surface area contributed by atoms with Gasteiger partial charge in [0.1, 0.15) is 5.52 Å². The number of benzene rings is 2. The van der Waals surface area contributed by atoms with Crippen molar-refractivity contribution in [3.05, 3.63) is 58.9 Å². The average Bonchev–Trinajstić information content (AvgIpc) is 3.03. The molecule has 1 unspecified atom stereocenters. The number of aromatic nitrogens is 1. The Bertz CT molecular complexity index is 781. The summed E-state index contributed by atoms with van der Waals surface area (Å²) in [4.78, 5) is 4.53. The predicted octanol–water partition coefficient (Wildman–Crippen LogP) is 4.23. The second-order valence-corrected chi connectivity index (χ2v) is 5.53. The number of oxazole rings is 1. The van der Waals surface area contributed by atoms with Gasteiger partial charge < -0.3 is 9.73 Å². The highest BCUT2D eigenvalue weighted by atomic mass is 35.5. The molecule has 0 bridgehead atoms.